The molecule has 0 aliphatic carbocycles. The minimum atomic E-state index is -0.581. The Hall–Kier alpha value is -1.95. The van der Waals surface area contributed by atoms with Crippen LogP contribution in [0.1, 0.15) is 49.9 Å². The number of likely N-dealkylation sites (tertiary alicyclic amines) is 1. The third kappa shape index (κ3) is 4.81. The second-order valence-electron chi connectivity index (χ2n) is 6.93. The molecule has 0 radical (unpaired) electrons. The van der Waals surface area contributed by atoms with Crippen molar-refractivity contribution in [2.75, 3.05) is 20.3 Å². The van der Waals surface area contributed by atoms with Crippen molar-refractivity contribution in [3.8, 4) is 11.5 Å². The first-order valence-corrected chi connectivity index (χ1v) is 9.33. The molecule has 1 aliphatic heterocycles. The molecule has 2 amide bonds. The first-order valence-electron chi connectivity index (χ1n) is 8.95. The Morgan fingerprint density at radius 2 is 2.08 bits per heavy atom. The molecule has 26 heavy (non-hydrogen) atoms. The Morgan fingerprint density at radius 3 is 2.69 bits per heavy atom. The molecule has 1 aromatic carbocycles. The van der Waals surface area contributed by atoms with Gasteiger partial charge in [-0.05, 0) is 43.7 Å². The normalized spacial score (nSPS) is 17.3. The van der Waals surface area contributed by atoms with Crippen LogP contribution in [0.3, 0.4) is 0 Å². The van der Waals surface area contributed by atoms with Crippen LogP contribution in [0.5, 0.6) is 11.5 Å². The van der Waals surface area contributed by atoms with Crippen LogP contribution in [0.25, 0.3) is 0 Å². The molecule has 2 rings (SSSR count). The Balaban J connectivity index is 2.25. The molecule has 0 aromatic heterocycles. The van der Waals surface area contributed by atoms with Gasteiger partial charge in [0.15, 0.2) is 11.5 Å². The smallest absolute Gasteiger partial charge is 0.254 e. The number of carbonyl (C=O) groups excluding carboxylic acids is 2. The standard InChI is InChI=1S/C19H27ClN2O4/c1-12(2)7-9-26-17-14(20)10-13(11-16(17)25-3)19(24)22-8-5-4-6-15(22)18(21)23/h10-12,15H,4-9H2,1-3H3,(H2,21,23). The van der Waals surface area contributed by atoms with Crippen LogP contribution in [0, 0.1) is 5.92 Å². The molecule has 6 nitrogen and oxygen atoms in total. The van der Waals surface area contributed by atoms with Gasteiger partial charge in [-0.15, -0.1) is 0 Å². The number of hydrogen-bond donors (Lipinski definition) is 1. The van der Waals surface area contributed by atoms with Gasteiger partial charge >= 0.3 is 0 Å². The van der Waals surface area contributed by atoms with E-state index in [1.54, 1.807) is 12.1 Å². The molecular formula is C19H27ClN2O4. The number of nitrogens with two attached hydrogens (primary N) is 1. The van der Waals surface area contributed by atoms with Crippen LogP contribution in [-0.4, -0.2) is 43.0 Å². The Bertz CT molecular complexity index is 663. The number of nitrogens with zero attached hydrogens (tertiary/aromatic N) is 1. The Kier molecular flexibility index (Phi) is 7.14. The number of rotatable bonds is 7. The average Bonchev–Trinajstić information content (AvgIpc) is 2.61. The maximum atomic E-state index is 12.9. The van der Waals surface area contributed by atoms with Crippen molar-refractivity contribution in [3.63, 3.8) is 0 Å². The maximum Gasteiger partial charge on any atom is 0.254 e. The topological polar surface area (TPSA) is 81.9 Å². The van der Waals surface area contributed by atoms with Gasteiger partial charge < -0.3 is 20.1 Å². The third-order valence-electron chi connectivity index (χ3n) is 4.51. The van der Waals surface area contributed by atoms with Crippen LogP contribution >= 0.6 is 11.6 Å². The largest absolute Gasteiger partial charge is 0.493 e. The monoisotopic (exact) mass is 382 g/mol. The first-order chi connectivity index (χ1) is 12.3. The van der Waals surface area contributed by atoms with Crippen molar-refractivity contribution in [2.24, 2.45) is 11.7 Å². The number of halogens is 1. The van der Waals surface area contributed by atoms with Gasteiger partial charge in [-0.1, -0.05) is 25.4 Å². The lowest BCUT2D eigenvalue weighted by Crippen LogP contribution is -2.50. The molecule has 0 bridgehead atoms. The zero-order valence-electron chi connectivity index (χ0n) is 15.6. The fraction of sp³-hybridized carbons (Fsp3) is 0.579. The van der Waals surface area contributed by atoms with E-state index < -0.39 is 11.9 Å². The summed E-state index contributed by atoms with van der Waals surface area (Å²) in [6, 6.07) is 2.58. The number of primary amides is 1. The summed E-state index contributed by atoms with van der Waals surface area (Å²) in [5.74, 6) is 0.575. The minimum absolute atomic E-state index is 0.276. The van der Waals surface area contributed by atoms with Gasteiger partial charge in [0, 0.05) is 12.1 Å². The summed E-state index contributed by atoms with van der Waals surface area (Å²) in [5, 5.41) is 0.309. The summed E-state index contributed by atoms with van der Waals surface area (Å²) < 4.78 is 11.1. The lowest BCUT2D eigenvalue weighted by molar-refractivity contribution is -0.123. The first kappa shape index (κ1) is 20.4. The van der Waals surface area contributed by atoms with Crippen LogP contribution in [0.2, 0.25) is 5.02 Å². The number of amides is 2. The predicted octanol–water partition coefficient (Wildman–Crippen LogP) is 3.25. The molecule has 7 heteroatoms. The fourth-order valence-electron chi connectivity index (χ4n) is 3.02. The summed E-state index contributed by atoms with van der Waals surface area (Å²) in [5.41, 5.74) is 5.82. The summed E-state index contributed by atoms with van der Waals surface area (Å²) in [6.07, 6.45) is 3.19. The van der Waals surface area contributed by atoms with Crippen LogP contribution < -0.4 is 15.2 Å². The van der Waals surface area contributed by atoms with Crippen molar-refractivity contribution >= 4 is 23.4 Å². The number of ether oxygens (including phenoxy) is 2. The molecule has 0 saturated carbocycles. The zero-order valence-corrected chi connectivity index (χ0v) is 16.3. The molecule has 2 N–H and O–H groups in total. The maximum absolute atomic E-state index is 12.9. The molecule has 1 unspecified atom stereocenters. The Labute approximate surface area is 159 Å². The van der Waals surface area contributed by atoms with E-state index in [9.17, 15) is 9.59 Å². The molecule has 144 valence electrons. The van der Waals surface area contributed by atoms with Gasteiger partial charge in [-0.3, -0.25) is 9.59 Å². The highest BCUT2D eigenvalue weighted by Crippen LogP contribution is 2.37. The molecule has 1 aromatic rings. The summed E-state index contributed by atoms with van der Waals surface area (Å²) >= 11 is 6.34. The zero-order chi connectivity index (χ0) is 19.3. The predicted molar refractivity (Wildman–Crippen MR) is 101 cm³/mol. The van der Waals surface area contributed by atoms with Crippen molar-refractivity contribution in [1.29, 1.82) is 0 Å². The quantitative estimate of drug-likeness (QED) is 0.784. The molecular weight excluding hydrogens is 356 g/mol. The van der Waals surface area contributed by atoms with E-state index >= 15 is 0 Å². The molecule has 1 fully saturated rings. The van der Waals surface area contributed by atoms with Gasteiger partial charge in [-0.25, -0.2) is 0 Å². The van der Waals surface area contributed by atoms with E-state index in [1.165, 1.54) is 12.0 Å². The number of methoxy groups -OCH3 is 1. The summed E-state index contributed by atoms with van der Waals surface area (Å²) in [4.78, 5) is 26.1. The molecule has 0 spiro atoms. The third-order valence-corrected chi connectivity index (χ3v) is 4.79. The SMILES string of the molecule is COc1cc(C(=O)N2CCCCC2C(N)=O)cc(Cl)c1OCCC(C)C. The average molecular weight is 383 g/mol. The van der Waals surface area contributed by atoms with Crippen molar-refractivity contribution < 1.29 is 19.1 Å². The van der Waals surface area contributed by atoms with Gasteiger partial charge in [0.25, 0.3) is 5.91 Å². The molecule has 1 saturated heterocycles. The lowest BCUT2D eigenvalue weighted by Gasteiger charge is -2.33. The lowest BCUT2D eigenvalue weighted by atomic mass is 10.00. The Morgan fingerprint density at radius 1 is 1.35 bits per heavy atom. The minimum Gasteiger partial charge on any atom is -0.493 e. The van der Waals surface area contributed by atoms with Crippen molar-refractivity contribution in [2.45, 2.75) is 45.6 Å². The van der Waals surface area contributed by atoms with Gasteiger partial charge in [0.1, 0.15) is 6.04 Å². The second kappa shape index (κ2) is 9.12. The second-order valence-corrected chi connectivity index (χ2v) is 7.34. The molecule has 1 aliphatic rings. The highest BCUT2D eigenvalue weighted by Gasteiger charge is 2.32. The fourth-order valence-corrected chi connectivity index (χ4v) is 3.28. The highest BCUT2D eigenvalue weighted by molar-refractivity contribution is 6.32. The van der Waals surface area contributed by atoms with Crippen LogP contribution in [0.4, 0.5) is 0 Å². The molecule has 1 heterocycles. The van der Waals surface area contributed by atoms with E-state index in [4.69, 9.17) is 26.8 Å². The number of hydrogen-bond acceptors (Lipinski definition) is 4. The van der Waals surface area contributed by atoms with E-state index in [-0.39, 0.29) is 5.91 Å². The van der Waals surface area contributed by atoms with Crippen molar-refractivity contribution in [3.05, 3.63) is 22.7 Å². The van der Waals surface area contributed by atoms with Crippen molar-refractivity contribution in [1.82, 2.24) is 4.90 Å². The van der Waals surface area contributed by atoms with Gasteiger partial charge in [0.05, 0.1) is 18.7 Å². The van der Waals surface area contributed by atoms with Crippen LogP contribution in [0.15, 0.2) is 12.1 Å². The summed E-state index contributed by atoms with van der Waals surface area (Å²) in [7, 11) is 1.50. The number of piperidine rings is 1. The summed E-state index contributed by atoms with van der Waals surface area (Å²) in [6.45, 7) is 5.23. The van der Waals surface area contributed by atoms with E-state index in [1.807, 2.05) is 0 Å². The van der Waals surface area contributed by atoms with Crippen LogP contribution in [-0.2, 0) is 4.79 Å². The number of benzene rings is 1. The van der Waals surface area contributed by atoms with E-state index in [2.05, 4.69) is 13.8 Å². The van der Waals surface area contributed by atoms with E-state index in [0.29, 0.717) is 47.6 Å². The van der Waals surface area contributed by atoms with Gasteiger partial charge in [0.2, 0.25) is 5.91 Å². The highest BCUT2D eigenvalue weighted by atomic mass is 35.5. The van der Waals surface area contributed by atoms with E-state index in [0.717, 1.165) is 19.3 Å². The van der Waals surface area contributed by atoms with Gasteiger partial charge in [-0.2, -0.15) is 0 Å². The number of carbonyl (C=O) groups is 2. The molecule has 1 atom stereocenters.